The fourth-order valence-corrected chi connectivity index (χ4v) is 3.21. The van der Waals surface area contributed by atoms with Crippen molar-refractivity contribution in [1.29, 1.82) is 0 Å². The first kappa shape index (κ1) is 18.1. The minimum absolute atomic E-state index is 0.161. The number of para-hydroxylation sites is 1. The zero-order valence-electron chi connectivity index (χ0n) is 15.9. The van der Waals surface area contributed by atoms with Crippen LogP contribution >= 0.6 is 0 Å². The normalized spacial score (nSPS) is 14.2. The maximum absolute atomic E-state index is 12.1. The van der Waals surface area contributed by atoms with Crippen molar-refractivity contribution in [2.45, 2.75) is 32.5 Å². The summed E-state index contributed by atoms with van der Waals surface area (Å²) in [7, 11) is 0. The van der Waals surface area contributed by atoms with E-state index in [2.05, 4.69) is 5.10 Å². The Balaban J connectivity index is 1.30. The van der Waals surface area contributed by atoms with E-state index < -0.39 is 5.97 Å². The largest absolute Gasteiger partial charge is 0.483 e. The van der Waals surface area contributed by atoms with Crippen LogP contribution in [0.1, 0.15) is 25.0 Å². The summed E-state index contributed by atoms with van der Waals surface area (Å²) < 4.78 is 18.7. The molecule has 6 nitrogen and oxygen atoms in total. The number of rotatable bonds is 6. The number of esters is 1. The molecule has 0 aliphatic carbocycles. The molecule has 4 rings (SSSR count). The van der Waals surface area contributed by atoms with Crippen molar-refractivity contribution in [3.8, 4) is 17.2 Å². The van der Waals surface area contributed by atoms with Crippen LogP contribution in [0, 0.1) is 0 Å². The molecule has 0 bridgehead atoms. The van der Waals surface area contributed by atoms with E-state index in [1.165, 1.54) is 0 Å². The lowest BCUT2D eigenvalue weighted by molar-refractivity contribution is -0.147. The number of aromatic nitrogens is 2. The second kappa shape index (κ2) is 7.38. The summed E-state index contributed by atoms with van der Waals surface area (Å²) in [6.07, 6.45) is 4.42. The zero-order chi connectivity index (χ0) is 19.6. The van der Waals surface area contributed by atoms with Gasteiger partial charge in [-0.2, -0.15) is 5.10 Å². The Morgan fingerprint density at radius 3 is 2.75 bits per heavy atom. The second-order valence-electron chi connectivity index (χ2n) is 7.35. The monoisotopic (exact) mass is 378 g/mol. The van der Waals surface area contributed by atoms with Gasteiger partial charge in [-0.25, -0.2) is 9.48 Å². The summed E-state index contributed by atoms with van der Waals surface area (Å²) in [5.74, 6) is 0.865. The van der Waals surface area contributed by atoms with Gasteiger partial charge in [0.2, 0.25) is 0 Å². The second-order valence-corrected chi connectivity index (χ2v) is 7.35. The third kappa shape index (κ3) is 4.01. The number of hydrogen-bond donors (Lipinski definition) is 0. The highest BCUT2D eigenvalue weighted by Crippen LogP contribution is 2.41. The van der Waals surface area contributed by atoms with Crippen molar-refractivity contribution in [3.63, 3.8) is 0 Å². The first-order valence-corrected chi connectivity index (χ1v) is 9.18. The van der Waals surface area contributed by atoms with Gasteiger partial charge in [-0.05, 0) is 43.7 Å². The molecule has 28 heavy (non-hydrogen) atoms. The molecule has 1 aliphatic rings. The number of benzene rings is 2. The Morgan fingerprint density at radius 2 is 2.00 bits per heavy atom. The standard InChI is InChI=1S/C22H22N2O4/c1-22(2)13-17-5-3-6-19(21(17)28-22)26-15-20(25)27-14-16-7-9-18(10-8-16)24-12-4-11-23-24/h3-12H,13-15H2,1-2H3. The van der Waals surface area contributed by atoms with Crippen LogP contribution in [0.15, 0.2) is 60.9 Å². The van der Waals surface area contributed by atoms with Gasteiger partial charge in [0.05, 0.1) is 5.69 Å². The van der Waals surface area contributed by atoms with Crippen molar-refractivity contribution in [1.82, 2.24) is 9.78 Å². The van der Waals surface area contributed by atoms with E-state index in [4.69, 9.17) is 14.2 Å². The number of ether oxygens (including phenoxy) is 3. The van der Waals surface area contributed by atoms with Crippen LogP contribution in [0.5, 0.6) is 11.5 Å². The first-order chi connectivity index (χ1) is 13.5. The molecule has 6 heteroatoms. The van der Waals surface area contributed by atoms with Crippen LogP contribution < -0.4 is 9.47 Å². The van der Waals surface area contributed by atoms with Gasteiger partial charge >= 0.3 is 5.97 Å². The Morgan fingerprint density at radius 1 is 1.18 bits per heavy atom. The maximum Gasteiger partial charge on any atom is 0.344 e. The van der Waals surface area contributed by atoms with Crippen LogP contribution in [0.2, 0.25) is 0 Å². The molecule has 0 atom stereocenters. The summed E-state index contributed by atoms with van der Waals surface area (Å²) in [6.45, 7) is 4.09. The minimum Gasteiger partial charge on any atom is -0.483 e. The van der Waals surface area contributed by atoms with E-state index in [9.17, 15) is 4.79 Å². The van der Waals surface area contributed by atoms with E-state index in [1.54, 1.807) is 10.9 Å². The predicted octanol–water partition coefficient (Wildman–Crippen LogP) is 3.71. The van der Waals surface area contributed by atoms with Gasteiger partial charge in [0.25, 0.3) is 0 Å². The van der Waals surface area contributed by atoms with Gasteiger partial charge in [0.1, 0.15) is 12.2 Å². The van der Waals surface area contributed by atoms with Crippen LogP contribution in [0.3, 0.4) is 0 Å². The molecule has 1 aliphatic heterocycles. The first-order valence-electron chi connectivity index (χ1n) is 9.18. The number of nitrogens with zero attached hydrogens (tertiary/aromatic N) is 2. The molecule has 3 aromatic rings. The van der Waals surface area contributed by atoms with Crippen LogP contribution in [-0.2, 0) is 22.6 Å². The van der Waals surface area contributed by atoms with Gasteiger partial charge in [-0.15, -0.1) is 0 Å². The highest BCUT2D eigenvalue weighted by molar-refractivity contribution is 5.71. The average Bonchev–Trinajstić information content (AvgIpc) is 3.31. The molecule has 0 radical (unpaired) electrons. The lowest BCUT2D eigenvalue weighted by atomic mass is 10.0. The SMILES string of the molecule is CC1(C)Cc2cccc(OCC(=O)OCc3ccc(-n4cccn4)cc3)c2O1. The Hall–Kier alpha value is -3.28. The molecular weight excluding hydrogens is 356 g/mol. The number of carbonyl (C=O) groups is 1. The molecule has 0 amide bonds. The number of hydrogen-bond acceptors (Lipinski definition) is 5. The minimum atomic E-state index is -0.425. The third-order valence-electron chi connectivity index (χ3n) is 4.51. The molecule has 2 aromatic carbocycles. The Bertz CT molecular complexity index is 963. The Kier molecular flexibility index (Phi) is 4.77. The fourth-order valence-electron chi connectivity index (χ4n) is 3.21. The highest BCUT2D eigenvalue weighted by Gasteiger charge is 2.32. The quantitative estimate of drug-likeness (QED) is 0.612. The molecule has 0 saturated heterocycles. The van der Waals surface area contributed by atoms with Crippen molar-refractivity contribution < 1.29 is 19.0 Å². The highest BCUT2D eigenvalue weighted by atomic mass is 16.6. The van der Waals surface area contributed by atoms with Gasteiger partial charge in [-0.1, -0.05) is 24.3 Å². The average molecular weight is 378 g/mol. The van der Waals surface area contributed by atoms with Crippen LogP contribution in [0.25, 0.3) is 5.69 Å². The topological polar surface area (TPSA) is 62.6 Å². The van der Waals surface area contributed by atoms with Crippen molar-refractivity contribution in [3.05, 3.63) is 72.1 Å². The molecule has 144 valence electrons. The molecular formula is C22H22N2O4. The summed E-state index contributed by atoms with van der Waals surface area (Å²) >= 11 is 0. The fraction of sp³-hybridized carbons (Fsp3) is 0.273. The summed E-state index contributed by atoms with van der Waals surface area (Å²) in [6, 6.07) is 15.3. The molecule has 2 heterocycles. The predicted molar refractivity (Wildman–Crippen MR) is 104 cm³/mol. The lowest BCUT2D eigenvalue weighted by Crippen LogP contribution is -2.24. The van der Waals surface area contributed by atoms with E-state index >= 15 is 0 Å². The summed E-state index contributed by atoms with van der Waals surface area (Å²) in [4.78, 5) is 12.1. The van der Waals surface area contributed by atoms with Crippen molar-refractivity contribution in [2.75, 3.05) is 6.61 Å². The smallest absolute Gasteiger partial charge is 0.344 e. The maximum atomic E-state index is 12.1. The van der Waals surface area contributed by atoms with E-state index in [0.29, 0.717) is 5.75 Å². The molecule has 0 fully saturated rings. The molecule has 1 aromatic heterocycles. The van der Waals surface area contributed by atoms with E-state index in [-0.39, 0.29) is 18.8 Å². The van der Waals surface area contributed by atoms with Crippen LogP contribution in [-0.4, -0.2) is 28.0 Å². The van der Waals surface area contributed by atoms with Crippen LogP contribution in [0.4, 0.5) is 0 Å². The number of carbonyl (C=O) groups excluding carboxylic acids is 1. The van der Waals surface area contributed by atoms with E-state index in [1.807, 2.05) is 68.6 Å². The van der Waals surface area contributed by atoms with Gasteiger partial charge < -0.3 is 14.2 Å². The number of fused-ring (bicyclic) bond motifs is 1. The molecule has 0 saturated carbocycles. The zero-order valence-corrected chi connectivity index (χ0v) is 15.9. The van der Waals surface area contributed by atoms with E-state index in [0.717, 1.165) is 29.0 Å². The van der Waals surface area contributed by atoms with Crippen molar-refractivity contribution in [2.24, 2.45) is 0 Å². The van der Waals surface area contributed by atoms with Crippen molar-refractivity contribution >= 4 is 5.97 Å². The van der Waals surface area contributed by atoms with Gasteiger partial charge in [0.15, 0.2) is 18.1 Å². The Labute approximate surface area is 163 Å². The van der Waals surface area contributed by atoms with Gasteiger partial charge in [0, 0.05) is 24.4 Å². The summed E-state index contributed by atoms with van der Waals surface area (Å²) in [5, 5.41) is 4.18. The molecule has 0 spiro atoms. The summed E-state index contributed by atoms with van der Waals surface area (Å²) in [5.41, 5.74) is 2.68. The third-order valence-corrected chi connectivity index (χ3v) is 4.51. The lowest BCUT2D eigenvalue weighted by Gasteiger charge is -2.18. The van der Waals surface area contributed by atoms with Gasteiger partial charge in [-0.3, -0.25) is 0 Å². The molecule has 0 N–H and O–H groups in total. The molecule has 0 unspecified atom stereocenters.